The molecule has 4 heteroatoms. The fourth-order valence-electron chi connectivity index (χ4n) is 1.98. The number of aryl methyl sites for hydroxylation is 1. The summed E-state index contributed by atoms with van der Waals surface area (Å²) in [6.45, 7) is 3.03. The van der Waals surface area contributed by atoms with E-state index in [2.05, 4.69) is 12.0 Å². The minimum absolute atomic E-state index is 0.328. The number of nitrogens with zero attached hydrogens (tertiary/aromatic N) is 3. The molecule has 1 aromatic carbocycles. The highest BCUT2D eigenvalue weighted by Crippen LogP contribution is 2.21. The number of hydrogen-bond acceptors (Lipinski definition) is 2. The molecule has 0 fully saturated rings. The van der Waals surface area contributed by atoms with Gasteiger partial charge in [-0.05, 0) is 30.2 Å². The number of nitriles is 1. The van der Waals surface area contributed by atoms with Gasteiger partial charge in [0.25, 0.3) is 0 Å². The molecule has 0 aliphatic rings. The van der Waals surface area contributed by atoms with Gasteiger partial charge >= 0.3 is 0 Å². The molecule has 98 valence electrons. The summed E-state index contributed by atoms with van der Waals surface area (Å²) in [5.74, 6) is -0.396. The first-order chi connectivity index (χ1) is 9.22. The summed E-state index contributed by atoms with van der Waals surface area (Å²) in [6.07, 6.45) is 7.04. The lowest BCUT2D eigenvalue weighted by atomic mass is 10.1. The summed E-state index contributed by atoms with van der Waals surface area (Å²) in [5.41, 5.74) is 1.86. The van der Waals surface area contributed by atoms with Crippen LogP contribution >= 0.6 is 0 Å². The predicted octanol–water partition coefficient (Wildman–Crippen LogP) is 3.75. The molecule has 0 radical (unpaired) electrons. The minimum Gasteiger partial charge on any atom is -0.272 e. The Bertz CT molecular complexity index is 596. The molecule has 0 saturated heterocycles. The van der Waals surface area contributed by atoms with Crippen molar-refractivity contribution in [1.82, 2.24) is 9.78 Å². The van der Waals surface area contributed by atoms with Crippen molar-refractivity contribution >= 4 is 0 Å². The van der Waals surface area contributed by atoms with Crippen LogP contribution in [0.2, 0.25) is 0 Å². The Morgan fingerprint density at radius 2 is 2.11 bits per heavy atom. The molecule has 0 atom stereocenters. The first kappa shape index (κ1) is 13.3. The molecule has 2 aromatic rings. The number of aromatic nitrogens is 2. The first-order valence-corrected chi connectivity index (χ1v) is 6.46. The Hall–Kier alpha value is -2.15. The molecule has 0 unspecified atom stereocenters. The van der Waals surface area contributed by atoms with Gasteiger partial charge in [0.15, 0.2) is 0 Å². The zero-order valence-corrected chi connectivity index (χ0v) is 10.9. The van der Waals surface area contributed by atoms with Crippen LogP contribution in [0.4, 0.5) is 4.39 Å². The van der Waals surface area contributed by atoms with Crippen LogP contribution < -0.4 is 0 Å². The standard InChI is InChI=1S/C15H16FN3/c1-2-3-4-5-19-11-14(10-18-19)13-6-12(9-17)7-15(16)8-13/h6-8,10-11H,2-5H2,1H3. The van der Waals surface area contributed by atoms with Crippen LogP contribution in [-0.2, 0) is 6.54 Å². The molecule has 0 saturated carbocycles. The van der Waals surface area contributed by atoms with Crippen molar-refractivity contribution in [3.05, 3.63) is 42.0 Å². The van der Waals surface area contributed by atoms with Gasteiger partial charge in [0, 0.05) is 18.3 Å². The number of rotatable bonds is 5. The van der Waals surface area contributed by atoms with Crippen LogP contribution in [0.25, 0.3) is 11.1 Å². The van der Waals surface area contributed by atoms with Gasteiger partial charge in [0.05, 0.1) is 17.8 Å². The van der Waals surface area contributed by atoms with Crippen molar-refractivity contribution in [3.8, 4) is 17.2 Å². The van der Waals surface area contributed by atoms with E-state index in [1.807, 2.05) is 16.9 Å². The molecule has 0 spiro atoms. The van der Waals surface area contributed by atoms with Crippen LogP contribution in [0.3, 0.4) is 0 Å². The topological polar surface area (TPSA) is 41.6 Å². The highest BCUT2D eigenvalue weighted by molar-refractivity contribution is 5.63. The predicted molar refractivity (Wildman–Crippen MR) is 71.9 cm³/mol. The van der Waals surface area contributed by atoms with Crippen LogP contribution in [0.15, 0.2) is 30.6 Å². The van der Waals surface area contributed by atoms with Crippen molar-refractivity contribution < 1.29 is 4.39 Å². The second-order valence-electron chi connectivity index (χ2n) is 4.54. The van der Waals surface area contributed by atoms with Crippen LogP contribution in [0.1, 0.15) is 31.7 Å². The molecule has 0 amide bonds. The number of halogens is 1. The molecular formula is C15H16FN3. The summed E-state index contributed by atoms with van der Waals surface area (Å²) in [7, 11) is 0. The second kappa shape index (κ2) is 6.14. The molecule has 1 aromatic heterocycles. The zero-order valence-electron chi connectivity index (χ0n) is 10.9. The highest BCUT2D eigenvalue weighted by Gasteiger charge is 2.05. The molecule has 0 N–H and O–H groups in total. The maximum atomic E-state index is 13.4. The van der Waals surface area contributed by atoms with Crippen molar-refractivity contribution in [1.29, 1.82) is 5.26 Å². The zero-order chi connectivity index (χ0) is 13.7. The van der Waals surface area contributed by atoms with E-state index >= 15 is 0 Å². The Morgan fingerprint density at radius 1 is 1.26 bits per heavy atom. The molecular weight excluding hydrogens is 241 g/mol. The van der Waals surface area contributed by atoms with Crippen LogP contribution in [0.5, 0.6) is 0 Å². The third-order valence-corrected chi connectivity index (χ3v) is 2.98. The Balaban J connectivity index is 2.18. The third kappa shape index (κ3) is 3.41. The molecule has 19 heavy (non-hydrogen) atoms. The average Bonchev–Trinajstić information content (AvgIpc) is 2.87. The first-order valence-electron chi connectivity index (χ1n) is 6.46. The lowest BCUT2D eigenvalue weighted by molar-refractivity contribution is 0.553. The van der Waals surface area contributed by atoms with Crippen molar-refractivity contribution in [2.24, 2.45) is 0 Å². The van der Waals surface area contributed by atoms with E-state index in [9.17, 15) is 4.39 Å². The second-order valence-corrected chi connectivity index (χ2v) is 4.54. The fraction of sp³-hybridized carbons (Fsp3) is 0.333. The minimum atomic E-state index is -0.396. The van der Waals surface area contributed by atoms with Crippen LogP contribution in [0, 0.1) is 17.1 Å². The van der Waals surface area contributed by atoms with Gasteiger partial charge in [-0.25, -0.2) is 4.39 Å². The molecule has 0 aliphatic carbocycles. The van der Waals surface area contributed by atoms with E-state index in [1.54, 1.807) is 12.3 Å². The highest BCUT2D eigenvalue weighted by atomic mass is 19.1. The average molecular weight is 257 g/mol. The summed E-state index contributed by atoms with van der Waals surface area (Å²) >= 11 is 0. The van der Waals surface area contributed by atoms with Gasteiger partial charge in [-0.3, -0.25) is 4.68 Å². The smallest absolute Gasteiger partial charge is 0.125 e. The summed E-state index contributed by atoms with van der Waals surface area (Å²) in [5, 5.41) is 13.1. The third-order valence-electron chi connectivity index (χ3n) is 2.98. The Kier molecular flexibility index (Phi) is 4.30. The molecule has 2 rings (SSSR count). The van der Waals surface area contributed by atoms with Gasteiger partial charge in [0.2, 0.25) is 0 Å². The van der Waals surface area contributed by atoms with Gasteiger partial charge in [-0.2, -0.15) is 10.4 Å². The number of unbranched alkanes of at least 4 members (excludes halogenated alkanes) is 2. The quantitative estimate of drug-likeness (QED) is 0.765. The van der Waals surface area contributed by atoms with E-state index in [0.29, 0.717) is 11.1 Å². The summed E-state index contributed by atoms with van der Waals surface area (Å²) in [6, 6.07) is 6.29. The summed E-state index contributed by atoms with van der Waals surface area (Å²) in [4.78, 5) is 0. The maximum absolute atomic E-state index is 13.4. The molecule has 3 nitrogen and oxygen atoms in total. The lowest BCUT2D eigenvalue weighted by Gasteiger charge is -2.00. The normalized spacial score (nSPS) is 10.4. The fourth-order valence-corrected chi connectivity index (χ4v) is 1.98. The van der Waals surface area contributed by atoms with E-state index < -0.39 is 5.82 Å². The molecule has 0 aliphatic heterocycles. The van der Waals surface area contributed by atoms with Gasteiger partial charge in [-0.1, -0.05) is 19.8 Å². The van der Waals surface area contributed by atoms with Crippen LogP contribution in [-0.4, -0.2) is 9.78 Å². The molecule has 0 bridgehead atoms. The van der Waals surface area contributed by atoms with E-state index in [0.717, 1.165) is 18.5 Å². The van der Waals surface area contributed by atoms with Crippen molar-refractivity contribution in [3.63, 3.8) is 0 Å². The largest absolute Gasteiger partial charge is 0.272 e. The lowest BCUT2D eigenvalue weighted by Crippen LogP contribution is -1.97. The van der Waals surface area contributed by atoms with Gasteiger partial charge in [-0.15, -0.1) is 0 Å². The maximum Gasteiger partial charge on any atom is 0.125 e. The SMILES string of the molecule is CCCCCn1cc(-c2cc(F)cc(C#N)c2)cn1. The number of benzene rings is 1. The van der Waals surface area contributed by atoms with Crippen molar-refractivity contribution in [2.45, 2.75) is 32.7 Å². The Morgan fingerprint density at radius 3 is 2.84 bits per heavy atom. The van der Waals surface area contributed by atoms with E-state index in [1.165, 1.54) is 25.0 Å². The summed E-state index contributed by atoms with van der Waals surface area (Å²) < 4.78 is 15.2. The van der Waals surface area contributed by atoms with E-state index in [-0.39, 0.29) is 0 Å². The van der Waals surface area contributed by atoms with Gasteiger partial charge in [0.1, 0.15) is 5.82 Å². The molecule has 1 heterocycles. The number of hydrogen-bond donors (Lipinski definition) is 0. The van der Waals surface area contributed by atoms with E-state index in [4.69, 9.17) is 5.26 Å². The van der Waals surface area contributed by atoms with Crippen molar-refractivity contribution in [2.75, 3.05) is 0 Å². The monoisotopic (exact) mass is 257 g/mol. The Labute approximate surface area is 112 Å². The van der Waals surface area contributed by atoms with Gasteiger partial charge < -0.3 is 0 Å².